The molecule has 1 saturated heterocycles. The lowest BCUT2D eigenvalue weighted by Gasteiger charge is -2.34. The quantitative estimate of drug-likeness (QED) is 0.578. The molecule has 7 heteroatoms. The number of nitrogens with one attached hydrogen (secondary N) is 2. The van der Waals surface area contributed by atoms with Crippen molar-refractivity contribution in [1.82, 2.24) is 20.2 Å². The van der Waals surface area contributed by atoms with Gasteiger partial charge < -0.3 is 14.2 Å². The maximum absolute atomic E-state index is 5.51. The molecule has 1 aliphatic heterocycles. The highest BCUT2D eigenvalue weighted by molar-refractivity contribution is 5.13. The monoisotopic (exact) mass is 396 g/mol. The van der Waals surface area contributed by atoms with Gasteiger partial charge >= 0.3 is 0 Å². The van der Waals surface area contributed by atoms with Gasteiger partial charge in [0.2, 0.25) is 5.82 Å². The molecule has 3 heterocycles. The van der Waals surface area contributed by atoms with Crippen molar-refractivity contribution in [2.24, 2.45) is 5.92 Å². The van der Waals surface area contributed by atoms with E-state index < -0.39 is 0 Å². The van der Waals surface area contributed by atoms with Crippen molar-refractivity contribution in [3.05, 3.63) is 65.9 Å². The molecule has 0 aliphatic carbocycles. The van der Waals surface area contributed by atoms with E-state index in [0.29, 0.717) is 18.5 Å². The number of tetrazole rings is 1. The number of benzene rings is 1. The standard InChI is InChI=1S/C22H30N6O/c1-18(2)15-21(22-23-24-25-28(22)17-20-9-6-14-29-20)27-12-10-26(11-13-27)16-19-7-4-3-5-8-19/h3-9,14,18,21H,10-13,15-17H2,1-2H3/p+2/t21-/m1/s1. The van der Waals surface area contributed by atoms with Crippen molar-refractivity contribution in [2.75, 3.05) is 26.2 Å². The van der Waals surface area contributed by atoms with E-state index in [1.807, 2.05) is 16.8 Å². The number of hydrogen-bond donors (Lipinski definition) is 2. The fourth-order valence-corrected chi connectivity index (χ4v) is 4.38. The SMILES string of the molecule is CC(C)C[C@H](c1nnnn1Cc1ccco1)[NH+]1CC[NH+](Cc2ccccc2)CC1. The van der Waals surface area contributed by atoms with Crippen molar-refractivity contribution in [2.45, 2.75) is 39.4 Å². The number of quaternary nitrogens is 2. The zero-order valence-corrected chi connectivity index (χ0v) is 17.4. The highest BCUT2D eigenvalue weighted by Gasteiger charge is 2.34. The molecule has 7 nitrogen and oxygen atoms in total. The van der Waals surface area contributed by atoms with E-state index in [4.69, 9.17) is 4.42 Å². The van der Waals surface area contributed by atoms with E-state index in [-0.39, 0.29) is 0 Å². The molecule has 0 radical (unpaired) electrons. The number of piperazine rings is 1. The van der Waals surface area contributed by atoms with Gasteiger partial charge in [-0.1, -0.05) is 44.2 Å². The van der Waals surface area contributed by atoms with E-state index in [1.165, 1.54) is 18.7 Å². The lowest BCUT2D eigenvalue weighted by molar-refractivity contribution is -1.03. The van der Waals surface area contributed by atoms with Crippen molar-refractivity contribution in [3.63, 3.8) is 0 Å². The van der Waals surface area contributed by atoms with Crippen molar-refractivity contribution < 1.29 is 14.2 Å². The molecule has 4 rings (SSSR count). The van der Waals surface area contributed by atoms with E-state index in [1.54, 1.807) is 16.1 Å². The maximum atomic E-state index is 5.51. The van der Waals surface area contributed by atoms with Gasteiger partial charge in [-0.2, -0.15) is 0 Å². The van der Waals surface area contributed by atoms with Crippen LogP contribution in [0.25, 0.3) is 0 Å². The maximum Gasteiger partial charge on any atom is 0.209 e. The summed E-state index contributed by atoms with van der Waals surface area (Å²) in [6, 6.07) is 15.0. The fraction of sp³-hybridized carbons (Fsp3) is 0.500. The van der Waals surface area contributed by atoms with Crippen LogP contribution in [0.2, 0.25) is 0 Å². The molecule has 3 aromatic rings. The van der Waals surface area contributed by atoms with Gasteiger partial charge in [-0.05, 0) is 28.5 Å². The van der Waals surface area contributed by atoms with Crippen LogP contribution in [-0.2, 0) is 13.1 Å². The molecule has 1 atom stereocenters. The highest BCUT2D eigenvalue weighted by Crippen LogP contribution is 2.17. The molecule has 0 amide bonds. The van der Waals surface area contributed by atoms with E-state index in [2.05, 4.69) is 59.7 Å². The predicted octanol–water partition coefficient (Wildman–Crippen LogP) is 0.385. The summed E-state index contributed by atoms with van der Waals surface area (Å²) in [6.45, 7) is 10.9. The zero-order valence-electron chi connectivity index (χ0n) is 17.4. The van der Waals surface area contributed by atoms with Gasteiger partial charge in [-0.3, -0.25) is 0 Å². The van der Waals surface area contributed by atoms with Gasteiger partial charge in [0.25, 0.3) is 0 Å². The molecular weight excluding hydrogens is 364 g/mol. The fourth-order valence-electron chi connectivity index (χ4n) is 4.38. The highest BCUT2D eigenvalue weighted by atomic mass is 16.3. The Morgan fingerprint density at radius 3 is 2.52 bits per heavy atom. The Bertz CT molecular complexity index is 853. The Morgan fingerprint density at radius 1 is 1.03 bits per heavy atom. The van der Waals surface area contributed by atoms with Gasteiger partial charge in [-0.25, -0.2) is 4.68 Å². The first-order valence-electron chi connectivity index (χ1n) is 10.7. The normalized spacial score (nSPS) is 20.8. The summed E-state index contributed by atoms with van der Waals surface area (Å²) in [5, 5.41) is 12.7. The molecule has 2 aromatic heterocycles. The smallest absolute Gasteiger partial charge is 0.209 e. The first kappa shape index (κ1) is 19.8. The van der Waals surface area contributed by atoms with Crippen LogP contribution in [0.1, 0.15) is 43.5 Å². The lowest BCUT2D eigenvalue weighted by atomic mass is 10.0. The average molecular weight is 397 g/mol. The summed E-state index contributed by atoms with van der Waals surface area (Å²) >= 11 is 0. The van der Waals surface area contributed by atoms with E-state index in [0.717, 1.165) is 37.6 Å². The van der Waals surface area contributed by atoms with Gasteiger partial charge in [-0.15, -0.1) is 5.10 Å². The van der Waals surface area contributed by atoms with Crippen LogP contribution in [0.15, 0.2) is 53.1 Å². The Hall–Kier alpha value is -2.51. The number of hydrogen-bond acceptors (Lipinski definition) is 4. The molecular formula is C22H32N6O+2. The predicted molar refractivity (Wildman–Crippen MR) is 109 cm³/mol. The summed E-state index contributed by atoms with van der Waals surface area (Å²) in [4.78, 5) is 3.27. The van der Waals surface area contributed by atoms with Crippen LogP contribution in [0, 0.1) is 5.92 Å². The second-order valence-corrected chi connectivity index (χ2v) is 8.53. The van der Waals surface area contributed by atoms with Crippen molar-refractivity contribution in [3.8, 4) is 0 Å². The molecule has 0 unspecified atom stereocenters. The summed E-state index contributed by atoms with van der Waals surface area (Å²) in [6.07, 6.45) is 2.78. The largest absolute Gasteiger partial charge is 0.467 e. The third kappa shape index (κ3) is 5.10. The lowest BCUT2D eigenvalue weighted by Crippen LogP contribution is -3.27. The summed E-state index contributed by atoms with van der Waals surface area (Å²) in [7, 11) is 0. The van der Waals surface area contributed by atoms with Crippen LogP contribution >= 0.6 is 0 Å². The summed E-state index contributed by atoms with van der Waals surface area (Å²) in [5.74, 6) is 2.46. The van der Waals surface area contributed by atoms with Gasteiger partial charge in [0, 0.05) is 12.0 Å². The first-order valence-corrected chi connectivity index (χ1v) is 10.7. The molecule has 1 aromatic carbocycles. The van der Waals surface area contributed by atoms with Gasteiger partial charge in [0.05, 0.1) is 6.26 Å². The molecule has 0 spiro atoms. The number of aromatic nitrogens is 4. The minimum Gasteiger partial charge on any atom is -0.467 e. The van der Waals surface area contributed by atoms with Crippen molar-refractivity contribution >= 4 is 0 Å². The second kappa shape index (κ2) is 9.33. The summed E-state index contributed by atoms with van der Waals surface area (Å²) in [5.41, 5.74) is 1.42. The number of rotatable bonds is 8. The molecule has 1 aliphatic rings. The van der Waals surface area contributed by atoms with E-state index >= 15 is 0 Å². The Balaban J connectivity index is 1.44. The summed E-state index contributed by atoms with van der Waals surface area (Å²) < 4.78 is 7.43. The molecule has 0 bridgehead atoms. The van der Waals surface area contributed by atoms with Gasteiger partial charge in [0.1, 0.15) is 45.0 Å². The van der Waals surface area contributed by atoms with Crippen LogP contribution in [0.4, 0.5) is 0 Å². The van der Waals surface area contributed by atoms with E-state index in [9.17, 15) is 0 Å². The van der Waals surface area contributed by atoms with Crippen LogP contribution < -0.4 is 9.80 Å². The molecule has 2 N–H and O–H groups in total. The minimum absolute atomic E-state index is 0.318. The Morgan fingerprint density at radius 2 is 1.83 bits per heavy atom. The molecule has 29 heavy (non-hydrogen) atoms. The minimum atomic E-state index is 0.318. The first-order chi connectivity index (χ1) is 14.2. The van der Waals surface area contributed by atoms with Gasteiger partial charge in [0.15, 0.2) is 6.04 Å². The molecule has 0 saturated carbocycles. The van der Waals surface area contributed by atoms with Crippen molar-refractivity contribution in [1.29, 1.82) is 0 Å². The molecule has 1 fully saturated rings. The number of furan rings is 1. The van der Waals surface area contributed by atoms with Crippen LogP contribution in [0.5, 0.6) is 0 Å². The average Bonchev–Trinajstić information content (AvgIpc) is 3.40. The van der Waals surface area contributed by atoms with Crippen LogP contribution in [-0.4, -0.2) is 46.4 Å². The number of nitrogens with zero attached hydrogens (tertiary/aromatic N) is 4. The molecule has 154 valence electrons. The third-order valence-electron chi connectivity index (χ3n) is 5.85. The zero-order chi connectivity index (χ0) is 20.1. The topological polar surface area (TPSA) is 65.6 Å². The second-order valence-electron chi connectivity index (χ2n) is 8.53. The Labute approximate surface area is 172 Å². The third-order valence-corrected chi connectivity index (χ3v) is 5.85. The Kier molecular flexibility index (Phi) is 6.36. The van der Waals surface area contributed by atoms with Crippen LogP contribution in [0.3, 0.4) is 0 Å².